The summed E-state index contributed by atoms with van der Waals surface area (Å²) in [6.07, 6.45) is 1.35. The Morgan fingerprint density at radius 3 is 2.70 bits per heavy atom. The van der Waals surface area contributed by atoms with E-state index in [1.165, 1.54) is 0 Å². The zero-order valence-electron chi connectivity index (χ0n) is 11.1. The first-order valence-electron chi connectivity index (χ1n) is 6.51. The van der Waals surface area contributed by atoms with Gasteiger partial charge in [-0.3, -0.25) is 4.79 Å². The minimum absolute atomic E-state index is 0.243. The van der Waals surface area contributed by atoms with Crippen molar-refractivity contribution < 1.29 is 9.59 Å². The van der Waals surface area contributed by atoms with Crippen LogP contribution >= 0.6 is 0 Å². The number of nitrogens with one attached hydrogen (secondary N) is 3. The molecule has 0 heterocycles. The van der Waals surface area contributed by atoms with E-state index >= 15 is 0 Å². The summed E-state index contributed by atoms with van der Waals surface area (Å²) in [5.74, 6) is 0. The molecule has 0 aromatic heterocycles. The molecule has 0 aliphatic carbocycles. The highest BCUT2D eigenvalue weighted by molar-refractivity contribution is 6.01. The Labute approximate surface area is 117 Å². The first-order valence-corrected chi connectivity index (χ1v) is 6.51. The summed E-state index contributed by atoms with van der Waals surface area (Å²) in [5.41, 5.74) is 0.784. The van der Waals surface area contributed by atoms with Crippen molar-refractivity contribution in [1.82, 2.24) is 10.6 Å². The van der Waals surface area contributed by atoms with Crippen LogP contribution in [0, 0.1) is 0 Å². The Morgan fingerprint density at radius 2 is 1.85 bits per heavy atom. The lowest BCUT2D eigenvalue weighted by molar-refractivity contribution is -0.109. The van der Waals surface area contributed by atoms with E-state index in [0.717, 1.165) is 16.5 Å². The van der Waals surface area contributed by atoms with Gasteiger partial charge in [-0.2, -0.15) is 0 Å². The standard InChI is InChI=1S/C15H17N3O2/c19-11-16-9-4-10-17-15(20)18-14-8-3-6-12-5-1-2-7-13(12)14/h1-3,5-8,11H,4,9-10H2,(H,16,19)(H2,17,18,20). The molecule has 5 nitrogen and oxygen atoms in total. The van der Waals surface area contributed by atoms with Gasteiger partial charge in [-0.1, -0.05) is 36.4 Å². The summed E-state index contributed by atoms with van der Waals surface area (Å²) >= 11 is 0. The van der Waals surface area contributed by atoms with Gasteiger partial charge < -0.3 is 16.0 Å². The molecule has 0 saturated heterocycles. The Hall–Kier alpha value is -2.56. The van der Waals surface area contributed by atoms with Crippen molar-refractivity contribution in [3.8, 4) is 0 Å². The largest absolute Gasteiger partial charge is 0.359 e. The van der Waals surface area contributed by atoms with Crippen LogP contribution in [-0.4, -0.2) is 25.5 Å². The lowest BCUT2D eigenvalue weighted by Crippen LogP contribution is -2.31. The lowest BCUT2D eigenvalue weighted by Gasteiger charge is -2.10. The van der Waals surface area contributed by atoms with Crippen LogP contribution in [0.25, 0.3) is 10.8 Å². The zero-order chi connectivity index (χ0) is 14.2. The lowest BCUT2D eigenvalue weighted by atomic mass is 10.1. The fourth-order valence-corrected chi connectivity index (χ4v) is 1.95. The highest BCUT2D eigenvalue weighted by Crippen LogP contribution is 2.22. The van der Waals surface area contributed by atoms with Crippen LogP contribution in [0.1, 0.15) is 6.42 Å². The molecule has 2 rings (SSSR count). The monoisotopic (exact) mass is 271 g/mol. The topological polar surface area (TPSA) is 70.2 Å². The van der Waals surface area contributed by atoms with Crippen LogP contribution in [0.5, 0.6) is 0 Å². The third-order valence-electron chi connectivity index (χ3n) is 2.90. The number of fused-ring (bicyclic) bond motifs is 1. The van der Waals surface area contributed by atoms with Gasteiger partial charge in [0.2, 0.25) is 6.41 Å². The molecule has 0 spiro atoms. The molecule has 0 fully saturated rings. The fourth-order valence-electron chi connectivity index (χ4n) is 1.95. The summed E-state index contributed by atoms with van der Waals surface area (Å²) in [7, 11) is 0. The zero-order valence-corrected chi connectivity index (χ0v) is 11.1. The number of hydrogen-bond acceptors (Lipinski definition) is 2. The summed E-state index contributed by atoms with van der Waals surface area (Å²) in [6, 6.07) is 13.4. The van der Waals surface area contributed by atoms with E-state index in [9.17, 15) is 9.59 Å². The van der Waals surface area contributed by atoms with Crippen LogP contribution in [0.4, 0.5) is 10.5 Å². The number of carbonyl (C=O) groups excluding carboxylic acids is 2. The van der Waals surface area contributed by atoms with E-state index in [1.807, 2.05) is 42.5 Å². The molecular formula is C15H17N3O2. The normalized spacial score (nSPS) is 10.0. The van der Waals surface area contributed by atoms with E-state index in [4.69, 9.17) is 0 Å². The predicted octanol–water partition coefficient (Wildman–Crippen LogP) is 2.10. The SMILES string of the molecule is O=CNCCCNC(=O)Nc1cccc2ccccc12. The minimum Gasteiger partial charge on any atom is -0.359 e. The molecular weight excluding hydrogens is 254 g/mol. The first-order chi connectivity index (χ1) is 9.81. The van der Waals surface area contributed by atoms with E-state index in [1.54, 1.807) is 0 Å². The van der Waals surface area contributed by atoms with Crippen molar-refractivity contribution in [3.05, 3.63) is 42.5 Å². The van der Waals surface area contributed by atoms with Gasteiger partial charge in [0.05, 0.1) is 5.69 Å². The van der Waals surface area contributed by atoms with Gasteiger partial charge in [0.15, 0.2) is 0 Å². The Bertz CT molecular complexity index is 593. The number of rotatable bonds is 6. The Kier molecular flexibility index (Phi) is 4.94. The Balaban J connectivity index is 1.91. The van der Waals surface area contributed by atoms with Gasteiger partial charge >= 0.3 is 6.03 Å². The quantitative estimate of drug-likeness (QED) is 0.556. The van der Waals surface area contributed by atoms with Crippen LogP contribution in [0.3, 0.4) is 0 Å². The molecule has 3 N–H and O–H groups in total. The third kappa shape index (κ3) is 3.71. The fraction of sp³-hybridized carbons (Fsp3) is 0.200. The molecule has 3 amide bonds. The van der Waals surface area contributed by atoms with Gasteiger partial charge in [-0.25, -0.2) is 4.79 Å². The van der Waals surface area contributed by atoms with Gasteiger partial charge in [0.1, 0.15) is 0 Å². The smallest absolute Gasteiger partial charge is 0.319 e. The van der Waals surface area contributed by atoms with Crippen LogP contribution in [0.15, 0.2) is 42.5 Å². The van der Waals surface area contributed by atoms with Crippen LogP contribution in [0.2, 0.25) is 0 Å². The van der Waals surface area contributed by atoms with Crippen LogP contribution in [-0.2, 0) is 4.79 Å². The van der Waals surface area contributed by atoms with Crippen molar-refractivity contribution in [3.63, 3.8) is 0 Å². The van der Waals surface area contributed by atoms with Crippen molar-refractivity contribution in [2.75, 3.05) is 18.4 Å². The van der Waals surface area contributed by atoms with E-state index in [-0.39, 0.29) is 6.03 Å². The molecule has 0 radical (unpaired) electrons. The second-order valence-electron chi connectivity index (χ2n) is 4.33. The molecule has 0 aliphatic heterocycles. The average molecular weight is 271 g/mol. The minimum atomic E-state index is -0.243. The maximum atomic E-state index is 11.8. The summed E-state index contributed by atoms with van der Waals surface area (Å²) in [4.78, 5) is 21.8. The van der Waals surface area contributed by atoms with E-state index in [0.29, 0.717) is 25.9 Å². The second kappa shape index (κ2) is 7.13. The first kappa shape index (κ1) is 13.9. The number of anilines is 1. The molecule has 104 valence electrons. The number of benzene rings is 2. The van der Waals surface area contributed by atoms with Crippen LogP contribution < -0.4 is 16.0 Å². The second-order valence-corrected chi connectivity index (χ2v) is 4.33. The molecule has 0 bridgehead atoms. The molecule has 20 heavy (non-hydrogen) atoms. The molecule has 5 heteroatoms. The summed E-state index contributed by atoms with van der Waals surface area (Å²) in [6.45, 7) is 1.06. The van der Waals surface area contributed by atoms with Gasteiger partial charge in [-0.05, 0) is 17.9 Å². The van der Waals surface area contributed by atoms with Gasteiger partial charge in [0.25, 0.3) is 0 Å². The number of carbonyl (C=O) groups is 2. The van der Waals surface area contributed by atoms with Crippen molar-refractivity contribution in [1.29, 1.82) is 0 Å². The van der Waals surface area contributed by atoms with Crippen molar-refractivity contribution in [2.24, 2.45) is 0 Å². The molecule has 2 aromatic carbocycles. The van der Waals surface area contributed by atoms with E-state index in [2.05, 4.69) is 16.0 Å². The third-order valence-corrected chi connectivity index (χ3v) is 2.90. The molecule has 2 aromatic rings. The summed E-state index contributed by atoms with van der Waals surface area (Å²) < 4.78 is 0. The van der Waals surface area contributed by atoms with E-state index < -0.39 is 0 Å². The van der Waals surface area contributed by atoms with Crippen molar-refractivity contribution in [2.45, 2.75) is 6.42 Å². The maximum absolute atomic E-state index is 11.8. The number of amides is 3. The van der Waals surface area contributed by atoms with Gasteiger partial charge in [-0.15, -0.1) is 0 Å². The maximum Gasteiger partial charge on any atom is 0.319 e. The number of hydrogen-bond donors (Lipinski definition) is 3. The average Bonchev–Trinajstić information content (AvgIpc) is 2.47. The summed E-state index contributed by atoms with van der Waals surface area (Å²) in [5, 5.41) is 10.2. The highest BCUT2D eigenvalue weighted by Gasteiger charge is 2.04. The van der Waals surface area contributed by atoms with Gasteiger partial charge in [0, 0.05) is 18.5 Å². The highest BCUT2D eigenvalue weighted by atomic mass is 16.2. The number of urea groups is 1. The molecule has 0 saturated carbocycles. The molecule has 0 unspecified atom stereocenters. The molecule has 0 aliphatic rings. The Morgan fingerprint density at radius 1 is 1.05 bits per heavy atom. The molecule has 0 atom stereocenters. The predicted molar refractivity (Wildman–Crippen MR) is 79.7 cm³/mol. The van der Waals surface area contributed by atoms with Crippen molar-refractivity contribution >= 4 is 28.9 Å².